The van der Waals surface area contributed by atoms with E-state index in [2.05, 4.69) is 36.3 Å². The zero-order valence-corrected chi connectivity index (χ0v) is 17.5. The number of methoxy groups -OCH3 is 1. The summed E-state index contributed by atoms with van der Waals surface area (Å²) in [5.74, 6) is -0.513. The number of hydrogen-bond acceptors (Lipinski definition) is 4. The summed E-state index contributed by atoms with van der Waals surface area (Å²) in [6.07, 6.45) is 4.54. The molecule has 0 saturated heterocycles. The Morgan fingerprint density at radius 2 is 1.93 bits per heavy atom. The first-order chi connectivity index (χ1) is 13.1. The molecule has 1 heterocycles. The number of allylic oxidation sites excluding steroid dienone is 2. The van der Waals surface area contributed by atoms with Crippen LogP contribution < -0.4 is 5.32 Å². The standard InChI is InChI=1S/C22H30N2O4/c1-14(2)10-11-15-8-7-9-17-16(13-23-19(15)17)12-18(20(25)27-6)24-21(26)28-22(3,4)5/h7-10,13,18,23H,11-12H2,1-6H3,(H,24,26)/t18-/m0/s1. The number of H-pyrrole nitrogens is 1. The van der Waals surface area contributed by atoms with Crippen molar-refractivity contribution in [1.82, 2.24) is 10.3 Å². The Kier molecular flexibility index (Phi) is 6.89. The second kappa shape index (κ2) is 8.95. The molecule has 0 aliphatic carbocycles. The van der Waals surface area contributed by atoms with E-state index in [-0.39, 0.29) is 0 Å². The summed E-state index contributed by atoms with van der Waals surface area (Å²) >= 11 is 0. The lowest BCUT2D eigenvalue weighted by Crippen LogP contribution is -2.45. The summed E-state index contributed by atoms with van der Waals surface area (Å²) in [7, 11) is 1.30. The maximum Gasteiger partial charge on any atom is 0.408 e. The van der Waals surface area contributed by atoms with Gasteiger partial charge in [0.25, 0.3) is 0 Å². The fraction of sp³-hybridized carbons (Fsp3) is 0.455. The van der Waals surface area contributed by atoms with Gasteiger partial charge in [0.2, 0.25) is 0 Å². The third kappa shape index (κ3) is 5.87. The van der Waals surface area contributed by atoms with Crippen LogP contribution in [0.25, 0.3) is 10.9 Å². The topological polar surface area (TPSA) is 80.4 Å². The molecule has 0 spiro atoms. The highest BCUT2D eigenvalue weighted by molar-refractivity contribution is 5.88. The number of aromatic nitrogens is 1. The maximum atomic E-state index is 12.2. The number of ether oxygens (including phenoxy) is 2. The molecule has 2 rings (SSSR count). The number of para-hydroxylation sites is 1. The summed E-state index contributed by atoms with van der Waals surface area (Å²) in [4.78, 5) is 27.6. The van der Waals surface area contributed by atoms with Gasteiger partial charge in [0.05, 0.1) is 7.11 Å². The molecule has 6 nitrogen and oxygen atoms in total. The van der Waals surface area contributed by atoms with E-state index in [1.807, 2.05) is 18.3 Å². The van der Waals surface area contributed by atoms with Crippen LogP contribution in [-0.4, -0.2) is 35.8 Å². The fourth-order valence-electron chi connectivity index (χ4n) is 2.93. The van der Waals surface area contributed by atoms with E-state index in [0.717, 1.165) is 22.9 Å². The highest BCUT2D eigenvalue weighted by atomic mass is 16.6. The number of carbonyl (C=O) groups excluding carboxylic acids is 2. The first kappa shape index (κ1) is 21.5. The van der Waals surface area contributed by atoms with Crippen molar-refractivity contribution in [3.8, 4) is 0 Å². The number of esters is 1. The van der Waals surface area contributed by atoms with Crippen LogP contribution in [0.3, 0.4) is 0 Å². The van der Waals surface area contributed by atoms with Crippen molar-refractivity contribution in [2.75, 3.05) is 7.11 Å². The van der Waals surface area contributed by atoms with Gasteiger partial charge in [0.1, 0.15) is 11.6 Å². The number of hydrogen-bond donors (Lipinski definition) is 2. The Balaban J connectivity index is 2.25. The molecule has 1 aromatic carbocycles. The Bertz CT molecular complexity index is 870. The molecular weight excluding hydrogens is 356 g/mol. The van der Waals surface area contributed by atoms with Crippen LogP contribution in [-0.2, 0) is 27.1 Å². The zero-order valence-electron chi connectivity index (χ0n) is 17.5. The zero-order chi connectivity index (χ0) is 20.9. The fourth-order valence-corrected chi connectivity index (χ4v) is 2.93. The van der Waals surface area contributed by atoms with Crippen molar-refractivity contribution in [3.05, 3.63) is 47.2 Å². The molecule has 0 aliphatic heterocycles. The van der Waals surface area contributed by atoms with Crippen LogP contribution >= 0.6 is 0 Å². The SMILES string of the molecule is COC(=O)[C@H](Cc1c[nH]c2c(CC=C(C)C)cccc12)NC(=O)OC(C)(C)C. The molecule has 28 heavy (non-hydrogen) atoms. The lowest BCUT2D eigenvalue weighted by molar-refractivity contribution is -0.143. The first-order valence-electron chi connectivity index (χ1n) is 9.39. The molecule has 0 bridgehead atoms. The van der Waals surface area contributed by atoms with Crippen molar-refractivity contribution >= 4 is 23.0 Å². The number of nitrogens with one attached hydrogen (secondary N) is 2. The molecule has 6 heteroatoms. The Morgan fingerprint density at radius 1 is 1.21 bits per heavy atom. The van der Waals surface area contributed by atoms with Crippen LogP contribution in [0.2, 0.25) is 0 Å². The van der Waals surface area contributed by atoms with Gasteiger partial charge in [0, 0.05) is 23.5 Å². The molecular formula is C22H30N2O4. The molecule has 152 valence electrons. The quantitative estimate of drug-likeness (QED) is 0.573. The first-order valence-corrected chi connectivity index (χ1v) is 9.39. The van der Waals surface area contributed by atoms with Gasteiger partial charge in [-0.25, -0.2) is 9.59 Å². The summed E-state index contributed by atoms with van der Waals surface area (Å²) in [6.45, 7) is 9.46. The van der Waals surface area contributed by atoms with E-state index >= 15 is 0 Å². The second-order valence-corrected chi connectivity index (χ2v) is 8.07. The van der Waals surface area contributed by atoms with E-state index in [1.165, 1.54) is 18.2 Å². The van der Waals surface area contributed by atoms with Crippen molar-refractivity contribution in [2.24, 2.45) is 0 Å². The normalized spacial score (nSPS) is 12.4. The van der Waals surface area contributed by atoms with E-state index in [0.29, 0.717) is 6.42 Å². The van der Waals surface area contributed by atoms with E-state index < -0.39 is 23.7 Å². The molecule has 0 saturated carbocycles. The highest BCUT2D eigenvalue weighted by Crippen LogP contribution is 2.24. The minimum atomic E-state index is -0.833. The Labute approximate surface area is 166 Å². The second-order valence-electron chi connectivity index (χ2n) is 8.07. The molecule has 1 aromatic heterocycles. The molecule has 1 atom stereocenters. The van der Waals surface area contributed by atoms with Gasteiger partial charge in [-0.05, 0) is 52.2 Å². The smallest absolute Gasteiger partial charge is 0.408 e. The summed E-state index contributed by atoms with van der Waals surface area (Å²) in [5, 5.41) is 3.65. The minimum Gasteiger partial charge on any atom is -0.467 e. The molecule has 2 N–H and O–H groups in total. The van der Waals surface area contributed by atoms with Crippen molar-refractivity contribution in [3.63, 3.8) is 0 Å². The van der Waals surface area contributed by atoms with E-state index in [4.69, 9.17) is 9.47 Å². The largest absolute Gasteiger partial charge is 0.467 e. The van der Waals surface area contributed by atoms with E-state index in [1.54, 1.807) is 20.8 Å². The molecule has 0 aliphatic rings. The number of rotatable bonds is 6. The van der Waals surface area contributed by atoms with Crippen molar-refractivity contribution in [2.45, 2.75) is 59.1 Å². The maximum absolute atomic E-state index is 12.2. The van der Waals surface area contributed by atoms with Crippen LogP contribution in [0.1, 0.15) is 45.7 Å². The molecule has 1 amide bonds. The van der Waals surface area contributed by atoms with Gasteiger partial charge < -0.3 is 19.8 Å². The van der Waals surface area contributed by atoms with Crippen LogP contribution in [0, 0.1) is 0 Å². The average Bonchev–Trinajstić information content (AvgIpc) is 3.00. The van der Waals surface area contributed by atoms with Gasteiger partial charge in [-0.1, -0.05) is 29.8 Å². The van der Waals surface area contributed by atoms with Crippen LogP contribution in [0.15, 0.2) is 36.0 Å². The predicted molar refractivity (Wildman–Crippen MR) is 110 cm³/mol. The Morgan fingerprint density at radius 3 is 2.54 bits per heavy atom. The van der Waals surface area contributed by atoms with Crippen LogP contribution in [0.4, 0.5) is 4.79 Å². The Hall–Kier alpha value is -2.76. The summed E-state index contributed by atoms with van der Waals surface area (Å²) in [6, 6.07) is 5.26. The third-order valence-electron chi connectivity index (χ3n) is 4.22. The van der Waals surface area contributed by atoms with Gasteiger partial charge in [-0.15, -0.1) is 0 Å². The summed E-state index contributed by atoms with van der Waals surface area (Å²) in [5.41, 5.74) is 3.76. The minimum absolute atomic E-state index is 0.304. The van der Waals surface area contributed by atoms with Crippen LogP contribution in [0.5, 0.6) is 0 Å². The van der Waals surface area contributed by atoms with Gasteiger partial charge >= 0.3 is 12.1 Å². The molecule has 0 radical (unpaired) electrons. The number of carbonyl (C=O) groups is 2. The molecule has 0 unspecified atom stereocenters. The molecule has 2 aromatic rings. The van der Waals surface area contributed by atoms with E-state index in [9.17, 15) is 9.59 Å². The van der Waals surface area contributed by atoms with Crippen molar-refractivity contribution in [1.29, 1.82) is 0 Å². The summed E-state index contributed by atoms with van der Waals surface area (Å²) < 4.78 is 10.1. The number of aromatic amines is 1. The lowest BCUT2D eigenvalue weighted by Gasteiger charge is -2.22. The third-order valence-corrected chi connectivity index (χ3v) is 4.22. The highest BCUT2D eigenvalue weighted by Gasteiger charge is 2.26. The average molecular weight is 386 g/mol. The number of fused-ring (bicyclic) bond motifs is 1. The van der Waals surface area contributed by atoms with Gasteiger partial charge in [0.15, 0.2) is 0 Å². The predicted octanol–water partition coefficient (Wildman–Crippen LogP) is 4.29. The number of benzene rings is 1. The van der Waals surface area contributed by atoms with Gasteiger partial charge in [-0.2, -0.15) is 0 Å². The monoisotopic (exact) mass is 386 g/mol. The van der Waals surface area contributed by atoms with Crippen molar-refractivity contribution < 1.29 is 19.1 Å². The number of amides is 1. The lowest BCUT2D eigenvalue weighted by atomic mass is 10.0. The molecule has 0 fully saturated rings. The van der Waals surface area contributed by atoms with Gasteiger partial charge in [-0.3, -0.25) is 0 Å². The number of alkyl carbamates (subject to hydrolysis) is 1.